The van der Waals surface area contributed by atoms with Crippen LogP contribution in [0.2, 0.25) is 0 Å². The molecule has 4 aromatic rings. The summed E-state index contributed by atoms with van der Waals surface area (Å²) in [5.74, 6) is 2.31. The Labute approximate surface area is 245 Å². The number of nitrogens with zero attached hydrogens (tertiary/aromatic N) is 6. The number of morpholine rings is 1. The summed E-state index contributed by atoms with van der Waals surface area (Å²) in [6.45, 7) is 6.76. The van der Waals surface area contributed by atoms with E-state index in [0.717, 1.165) is 67.2 Å². The predicted octanol–water partition coefficient (Wildman–Crippen LogP) is 5.35. The van der Waals surface area contributed by atoms with Crippen LogP contribution in [0.1, 0.15) is 31.0 Å². The maximum absolute atomic E-state index is 12.1. The zero-order chi connectivity index (χ0) is 28.7. The first-order valence-electron chi connectivity index (χ1n) is 14.6. The highest BCUT2D eigenvalue weighted by molar-refractivity contribution is 5.85. The molecule has 0 radical (unpaired) electrons. The first kappa shape index (κ1) is 27.6. The summed E-state index contributed by atoms with van der Waals surface area (Å²) in [5, 5.41) is 2.79. The van der Waals surface area contributed by atoms with Crippen LogP contribution in [0, 0.1) is 0 Å². The van der Waals surface area contributed by atoms with Crippen molar-refractivity contribution in [1.82, 2.24) is 19.9 Å². The molecule has 1 saturated heterocycles. The predicted molar refractivity (Wildman–Crippen MR) is 163 cm³/mol. The lowest BCUT2D eigenvalue weighted by Gasteiger charge is -2.34. The summed E-state index contributed by atoms with van der Waals surface area (Å²) in [6, 6.07) is 19.7. The Morgan fingerprint density at radius 3 is 2.52 bits per heavy atom. The molecule has 0 spiro atoms. The van der Waals surface area contributed by atoms with Crippen molar-refractivity contribution in [1.29, 1.82) is 0 Å². The molecule has 1 amide bonds. The molecule has 1 fully saturated rings. The molecule has 10 nitrogen and oxygen atoms in total. The molecule has 2 aromatic heterocycles. The fourth-order valence-electron chi connectivity index (χ4n) is 5.18. The van der Waals surface area contributed by atoms with Crippen molar-refractivity contribution in [2.45, 2.75) is 32.7 Å². The molecule has 216 valence electrons. The fourth-order valence-corrected chi connectivity index (χ4v) is 5.18. The molecule has 0 atom stereocenters. The average Bonchev–Trinajstić information content (AvgIpc) is 3.05. The van der Waals surface area contributed by atoms with E-state index < -0.39 is 6.09 Å². The summed E-state index contributed by atoms with van der Waals surface area (Å²) < 4.78 is 10.8. The Morgan fingerprint density at radius 1 is 0.929 bits per heavy atom. The molecule has 0 saturated carbocycles. The number of amides is 1. The van der Waals surface area contributed by atoms with E-state index in [1.54, 1.807) is 0 Å². The fraction of sp³-hybridized carbons (Fsp3) is 0.344. The Morgan fingerprint density at radius 2 is 1.74 bits per heavy atom. The van der Waals surface area contributed by atoms with E-state index in [2.05, 4.69) is 39.2 Å². The molecular weight excluding hydrogens is 530 g/mol. The lowest BCUT2D eigenvalue weighted by atomic mass is 10.0. The second-order valence-electron chi connectivity index (χ2n) is 10.4. The first-order chi connectivity index (χ1) is 20.7. The number of benzene rings is 2. The summed E-state index contributed by atoms with van der Waals surface area (Å²) in [4.78, 5) is 36.2. The summed E-state index contributed by atoms with van der Waals surface area (Å²) in [7, 11) is 0. The lowest BCUT2D eigenvalue weighted by molar-refractivity contribution is 0.122. The Bertz CT molecular complexity index is 1510. The monoisotopic (exact) mass is 565 g/mol. The van der Waals surface area contributed by atoms with E-state index in [1.165, 1.54) is 5.56 Å². The van der Waals surface area contributed by atoms with Crippen molar-refractivity contribution >= 4 is 23.5 Å². The highest BCUT2D eigenvalue weighted by atomic mass is 16.5. The minimum absolute atomic E-state index is 0.409. The number of rotatable bonds is 8. The van der Waals surface area contributed by atoms with Gasteiger partial charge in [-0.15, -0.1) is 0 Å². The van der Waals surface area contributed by atoms with Crippen molar-refractivity contribution in [2.24, 2.45) is 0 Å². The number of ether oxygens (including phenoxy) is 2. The molecule has 10 heteroatoms. The molecule has 2 aliphatic rings. The van der Waals surface area contributed by atoms with E-state index >= 15 is 0 Å². The largest absolute Gasteiger partial charge is 0.449 e. The molecule has 2 aliphatic heterocycles. The molecular formula is C32H35N7O3. The number of anilines is 3. The quantitative estimate of drug-likeness (QED) is 0.283. The standard InChI is InChI=1S/C32H35N7O3/c1-2-3-19-42-32(40)34-25-11-9-24(10-12-25)29-35-28-22-39(16-14-26(28)30(37-29)38-17-20-41-21-18-38)31-33-15-13-27(36-31)23-7-5-4-6-8-23/h4-13,15H,2-3,14,16-22H2,1H3,(H,34,40). The van der Waals surface area contributed by atoms with Gasteiger partial charge < -0.3 is 19.3 Å². The highest BCUT2D eigenvalue weighted by Crippen LogP contribution is 2.32. The van der Waals surface area contributed by atoms with Crippen LogP contribution < -0.4 is 15.1 Å². The third kappa shape index (κ3) is 6.33. The van der Waals surface area contributed by atoms with Crippen LogP contribution in [0.25, 0.3) is 22.6 Å². The van der Waals surface area contributed by atoms with Crippen LogP contribution in [-0.4, -0.2) is 65.5 Å². The van der Waals surface area contributed by atoms with Gasteiger partial charge in [-0.3, -0.25) is 5.32 Å². The third-order valence-corrected chi connectivity index (χ3v) is 7.47. The first-order valence-corrected chi connectivity index (χ1v) is 14.6. The summed E-state index contributed by atoms with van der Waals surface area (Å²) >= 11 is 0. The van der Waals surface area contributed by atoms with Crippen molar-refractivity contribution in [3.8, 4) is 22.6 Å². The smallest absolute Gasteiger partial charge is 0.411 e. The van der Waals surface area contributed by atoms with E-state index in [-0.39, 0.29) is 0 Å². The topological polar surface area (TPSA) is 106 Å². The van der Waals surface area contributed by atoms with Gasteiger partial charge in [0.1, 0.15) is 5.82 Å². The van der Waals surface area contributed by atoms with Crippen molar-refractivity contribution in [3.05, 3.63) is 78.1 Å². The van der Waals surface area contributed by atoms with Gasteiger partial charge in [-0.25, -0.2) is 24.7 Å². The molecule has 4 heterocycles. The number of carbonyl (C=O) groups excluding carboxylic acids is 1. The van der Waals surface area contributed by atoms with Gasteiger partial charge in [0, 0.05) is 48.2 Å². The molecule has 42 heavy (non-hydrogen) atoms. The molecule has 1 N–H and O–H groups in total. The van der Waals surface area contributed by atoms with Gasteiger partial charge >= 0.3 is 6.09 Å². The SMILES string of the molecule is CCCCOC(=O)Nc1ccc(-c2nc3c(c(N4CCOCC4)n2)CCN(c2nccc(-c4ccccc4)n2)C3)cc1. The van der Waals surface area contributed by atoms with E-state index in [9.17, 15) is 4.79 Å². The van der Waals surface area contributed by atoms with Gasteiger partial charge in [0.2, 0.25) is 5.95 Å². The minimum atomic E-state index is -0.450. The van der Waals surface area contributed by atoms with E-state index in [1.807, 2.05) is 54.7 Å². The van der Waals surface area contributed by atoms with Crippen molar-refractivity contribution in [3.63, 3.8) is 0 Å². The Hall–Kier alpha value is -4.57. The number of aromatic nitrogens is 4. The molecule has 6 rings (SSSR count). The van der Waals surface area contributed by atoms with Crippen LogP contribution in [-0.2, 0) is 22.4 Å². The van der Waals surface area contributed by atoms with Crippen LogP contribution in [0.15, 0.2) is 66.9 Å². The average molecular weight is 566 g/mol. The van der Waals surface area contributed by atoms with Crippen LogP contribution in [0.4, 0.5) is 22.2 Å². The maximum atomic E-state index is 12.1. The Kier molecular flexibility index (Phi) is 8.51. The Balaban J connectivity index is 1.27. The van der Waals surface area contributed by atoms with Gasteiger partial charge in [0.25, 0.3) is 0 Å². The molecule has 0 unspecified atom stereocenters. The van der Waals surface area contributed by atoms with Crippen LogP contribution in [0.3, 0.4) is 0 Å². The van der Waals surface area contributed by atoms with Crippen LogP contribution >= 0.6 is 0 Å². The van der Waals surface area contributed by atoms with Gasteiger partial charge in [-0.05, 0) is 43.2 Å². The van der Waals surface area contributed by atoms with Gasteiger partial charge in [0.05, 0.1) is 37.8 Å². The number of fused-ring (bicyclic) bond motifs is 1. The van der Waals surface area contributed by atoms with E-state index in [0.29, 0.717) is 43.8 Å². The summed E-state index contributed by atoms with van der Waals surface area (Å²) in [5.41, 5.74) is 5.63. The zero-order valence-corrected chi connectivity index (χ0v) is 23.8. The van der Waals surface area contributed by atoms with Crippen molar-refractivity contribution in [2.75, 3.05) is 54.6 Å². The second kappa shape index (κ2) is 12.9. The number of hydrogen-bond donors (Lipinski definition) is 1. The number of hydrogen-bond acceptors (Lipinski definition) is 9. The number of carbonyl (C=O) groups is 1. The molecule has 2 aromatic carbocycles. The lowest BCUT2D eigenvalue weighted by Crippen LogP contribution is -2.40. The van der Waals surface area contributed by atoms with Gasteiger partial charge in [-0.2, -0.15) is 0 Å². The molecule has 0 aliphatic carbocycles. The normalized spacial score (nSPS) is 14.8. The third-order valence-electron chi connectivity index (χ3n) is 7.47. The van der Waals surface area contributed by atoms with E-state index in [4.69, 9.17) is 24.4 Å². The minimum Gasteiger partial charge on any atom is -0.449 e. The second-order valence-corrected chi connectivity index (χ2v) is 10.4. The number of nitrogens with one attached hydrogen (secondary N) is 1. The van der Waals surface area contributed by atoms with Gasteiger partial charge in [0.15, 0.2) is 5.82 Å². The molecule has 0 bridgehead atoms. The zero-order valence-electron chi connectivity index (χ0n) is 23.8. The van der Waals surface area contributed by atoms with Gasteiger partial charge in [-0.1, -0.05) is 43.7 Å². The van der Waals surface area contributed by atoms with Crippen LogP contribution in [0.5, 0.6) is 0 Å². The summed E-state index contributed by atoms with van der Waals surface area (Å²) in [6.07, 6.45) is 3.98. The van der Waals surface area contributed by atoms with Crippen molar-refractivity contribution < 1.29 is 14.3 Å². The maximum Gasteiger partial charge on any atom is 0.411 e. The number of unbranched alkanes of at least 4 members (excludes halogenated alkanes) is 1. The highest BCUT2D eigenvalue weighted by Gasteiger charge is 2.27.